The van der Waals surface area contributed by atoms with Gasteiger partial charge in [0, 0.05) is 35.1 Å². The van der Waals surface area contributed by atoms with Crippen LogP contribution in [-0.4, -0.2) is 47.6 Å². The quantitative estimate of drug-likeness (QED) is 0.341. The molecule has 4 aliphatic carbocycles. The van der Waals surface area contributed by atoms with E-state index in [4.69, 9.17) is 32.7 Å². The third-order valence-electron chi connectivity index (χ3n) is 10.9. The smallest absolute Gasteiger partial charge is 0.172 e. The molecule has 5 aliphatic rings. The summed E-state index contributed by atoms with van der Waals surface area (Å²) in [5, 5.41) is 22.9. The number of benzene rings is 1. The van der Waals surface area contributed by atoms with E-state index in [9.17, 15) is 10.2 Å². The molecule has 6 atom stereocenters. The van der Waals surface area contributed by atoms with Crippen molar-refractivity contribution in [2.75, 3.05) is 19.8 Å². The maximum absolute atomic E-state index is 12.0. The maximum Gasteiger partial charge on any atom is 0.172 e. The number of phenolic OH excluding ortho intramolecular Hbond substituents is 1. The van der Waals surface area contributed by atoms with E-state index in [1.54, 1.807) is 17.9 Å². The van der Waals surface area contributed by atoms with E-state index in [-0.39, 0.29) is 27.4 Å². The van der Waals surface area contributed by atoms with Gasteiger partial charge >= 0.3 is 0 Å². The van der Waals surface area contributed by atoms with Crippen molar-refractivity contribution in [2.45, 2.75) is 76.6 Å². The molecule has 2 N–H and O–H groups in total. The molecule has 5 nitrogen and oxygen atoms in total. The molecule has 7 heteroatoms. The van der Waals surface area contributed by atoms with Gasteiger partial charge in [-0.1, -0.05) is 48.7 Å². The second-order valence-electron chi connectivity index (χ2n) is 12.4. The number of nitrogens with zero attached hydrogens (tertiary/aromatic N) is 1. The SMILES string of the molecule is C[C@]12CC[C@@H]3[C@@H](CC=C4CC5(CC[C@]43C)OCCO5)[C@H]1CC[C@]2(O)CN=Cc1cc(Cl)cc(Cl)c1O. The van der Waals surface area contributed by atoms with Crippen molar-refractivity contribution in [1.82, 2.24) is 0 Å². The number of allylic oxidation sites excluding steroid dienone is 1. The van der Waals surface area contributed by atoms with Gasteiger partial charge in [-0.25, -0.2) is 0 Å². The fourth-order valence-electron chi connectivity index (χ4n) is 8.70. The highest BCUT2D eigenvalue weighted by molar-refractivity contribution is 6.36. The molecule has 0 amide bonds. The minimum atomic E-state index is -0.857. The van der Waals surface area contributed by atoms with Crippen LogP contribution in [0.5, 0.6) is 5.75 Å². The molecule has 1 aliphatic heterocycles. The largest absolute Gasteiger partial charge is 0.506 e. The highest BCUT2D eigenvalue weighted by atomic mass is 35.5. The Morgan fingerprint density at radius 2 is 1.81 bits per heavy atom. The van der Waals surface area contributed by atoms with Gasteiger partial charge in [-0.05, 0) is 73.8 Å². The lowest BCUT2D eigenvalue weighted by Gasteiger charge is -2.59. The number of rotatable bonds is 3. The van der Waals surface area contributed by atoms with Crippen molar-refractivity contribution in [3.05, 3.63) is 39.4 Å². The lowest BCUT2D eigenvalue weighted by Crippen LogP contribution is -2.56. The summed E-state index contributed by atoms with van der Waals surface area (Å²) in [4.78, 5) is 4.61. The molecule has 3 saturated carbocycles. The molecule has 6 rings (SSSR count). The van der Waals surface area contributed by atoms with Crippen molar-refractivity contribution < 1.29 is 19.7 Å². The number of ether oxygens (including phenoxy) is 2. The topological polar surface area (TPSA) is 71.3 Å². The summed E-state index contributed by atoms with van der Waals surface area (Å²) >= 11 is 12.2. The number of aliphatic imine (C=N–C) groups is 1. The van der Waals surface area contributed by atoms with Crippen LogP contribution in [0.4, 0.5) is 0 Å². The lowest BCUT2D eigenvalue weighted by molar-refractivity contribution is -0.187. The number of fused-ring (bicyclic) bond motifs is 5. The Kier molecular flexibility index (Phi) is 6.09. The van der Waals surface area contributed by atoms with Crippen LogP contribution in [0.1, 0.15) is 70.8 Å². The first-order chi connectivity index (χ1) is 17.1. The standard InChI is InChI=1S/C29H37Cl2NO4/c1-26-9-10-29(35-11-12-36-29)15-19(26)3-4-21-22(26)5-7-27(2)23(21)6-8-28(27,34)17-32-16-18-13-20(30)14-24(31)25(18)33/h3,13-14,16,21-23,33-34H,4-12,15,17H2,1-2H3/t21-,22-,23-,26-,27+,28+/m1/s1. The molecule has 0 bridgehead atoms. The second-order valence-corrected chi connectivity index (χ2v) is 13.2. The molecule has 0 unspecified atom stereocenters. The molecule has 4 fully saturated rings. The van der Waals surface area contributed by atoms with Gasteiger partial charge in [0.1, 0.15) is 5.75 Å². The molecule has 1 aromatic rings. The zero-order chi connectivity index (χ0) is 25.3. The summed E-state index contributed by atoms with van der Waals surface area (Å²) in [7, 11) is 0. The molecule has 36 heavy (non-hydrogen) atoms. The average Bonchev–Trinajstić information content (AvgIpc) is 3.40. The van der Waals surface area contributed by atoms with Gasteiger partial charge in [-0.3, -0.25) is 4.99 Å². The van der Waals surface area contributed by atoms with Crippen LogP contribution in [0.15, 0.2) is 28.8 Å². The Balaban J connectivity index is 1.21. The van der Waals surface area contributed by atoms with Gasteiger partial charge in [-0.15, -0.1) is 0 Å². The van der Waals surface area contributed by atoms with Crippen LogP contribution >= 0.6 is 23.2 Å². The fraction of sp³-hybridized carbons (Fsp3) is 0.690. The number of phenols is 1. The van der Waals surface area contributed by atoms with Crippen LogP contribution in [0.3, 0.4) is 0 Å². The normalized spacial score (nSPS) is 41.2. The van der Waals surface area contributed by atoms with Crippen molar-refractivity contribution in [2.24, 2.45) is 33.6 Å². The minimum absolute atomic E-state index is 0.0338. The Labute approximate surface area is 223 Å². The van der Waals surface area contributed by atoms with E-state index < -0.39 is 5.60 Å². The predicted octanol–water partition coefficient (Wildman–Crippen LogP) is 6.55. The molecule has 1 heterocycles. The average molecular weight is 535 g/mol. The highest BCUT2D eigenvalue weighted by Crippen LogP contribution is 2.68. The molecule has 1 aromatic carbocycles. The minimum Gasteiger partial charge on any atom is -0.506 e. The van der Waals surface area contributed by atoms with Gasteiger partial charge in [-0.2, -0.15) is 0 Å². The maximum atomic E-state index is 12.0. The van der Waals surface area contributed by atoms with E-state index in [0.29, 0.717) is 48.1 Å². The van der Waals surface area contributed by atoms with Gasteiger partial charge in [0.15, 0.2) is 5.79 Å². The van der Waals surface area contributed by atoms with Gasteiger partial charge in [0.05, 0.1) is 30.4 Å². The summed E-state index contributed by atoms with van der Waals surface area (Å²) in [6, 6.07) is 3.15. The zero-order valence-electron chi connectivity index (χ0n) is 21.2. The highest BCUT2D eigenvalue weighted by Gasteiger charge is 2.64. The van der Waals surface area contributed by atoms with Crippen LogP contribution in [0.25, 0.3) is 0 Å². The van der Waals surface area contributed by atoms with Crippen molar-refractivity contribution >= 4 is 29.4 Å². The van der Waals surface area contributed by atoms with E-state index in [0.717, 1.165) is 51.4 Å². The molecule has 196 valence electrons. The molecule has 0 aromatic heterocycles. The van der Waals surface area contributed by atoms with E-state index in [1.165, 1.54) is 6.07 Å². The molecule has 1 saturated heterocycles. The number of halogens is 2. The Hall–Kier alpha value is -1.11. The third kappa shape index (κ3) is 3.71. The first-order valence-electron chi connectivity index (χ1n) is 13.5. The summed E-state index contributed by atoms with van der Waals surface area (Å²) in [5.41, 5.74) is 1.19. The summed E-state index contributed by atoms with van der Waals surface area (Å²) in [6.45, 7) is 6.51. The molecule has 0 radical (unpaired) electrons. The van der Waals surface area contributed by atoms with Crippen molar-refractivity contribution in [3.63, 3.8) is 0 Å². The summed E-state index contributed by atoms with van der Waals surface area (Å²) < 4.78 is 12.1. The predicted molar refractivity (Wildman–Crippen MR) is 142 cm³/mol. The third-order valence-corrected chi connectivity index (χ3v) is 11.4. The first-order valence-corrected chi connectivity index (χ1v) is 14.2. The van der Waals surface area contributed by atoms with Gasteiger partial charge < -0.3 is 19.7 Å². The van der Waals surface area contributed by atoms with Crippen LogP contribution < -0.4 is 0 Å². The van der Waals surface area contributed by atoms with Crippen molar-refractivity contribution in [3.8, 4) is 5.75 Å². The zero-order valence-corrected chi connectivity index (χ0v) is 22.7. The molecular formula is C29H37Cl2NO4. The monoisotopic (exact) mass is 533 g/mol. The second kappa shape index (κ2) is 8.71. The Morgan fingerprint density at radius 3 is 2.58 bits per heavy atom. The number of hydrogen-bond acceptors (Lipinski definition) is 5. The lowest BCUT2D eigenvalue weighted by atomic mass is 9.46. The van der Waals surface area contributed by atoms with Gasteiger partial charge in [0.25, 0.3) is 0 Å². The van der Waals surface area contributed by atoms with E-state index >= 15 is 0 Å². The van der Waals surface area contributed by atoms with Crippen LogP contribution in [0.2, 0.25) is 10.0 Å². The molecular weight excluding hydrogens is 497 g/mol. The van der Waals surface area contributed by atoms with E-state index in [2.05, 4.69) is 24.9 Å². The summed E-state index contributed by atoms with van der Waals surface area (Å²) in [5.74, 6) is 1.30. The fourth-order valence-corrected chi connectivity index (χ4v) is 9.21. The number of aliphatic hydroxyl groups is 1. The number of hydrogen-bond donors (Lipinski definition) is 2. The van der Waals surface area contributed by atoms with Crippen LogP contribution in [0, 0.1) is 28.6 Å². The van der Waals surface area contributed by atoms with E-state index in [1.807, 2.05) is 0 Å². The first kappa shape index (κ1) is 25.2. The Bertz CT molecular complexity index is 1110. The molecule has 1 spiro atoms. The summed E-state index contributed by atoms with van der Waals surface area (Å²) in [6.07, 6.45) is 12.1. The number of aromatic hydroxyl groups is 1. The van der Waals surface area contributed by atoms with Crippen molar-refractivity contribution in [1.29, 1.82) is 0 Å². The Morgan fingerprint density at radius 1 is 1.06 bits per heavy atom. The van der Waals surface area contributed by atoms with Gasteiger partial charge in [0.2, 0.25) is 0 Å². The van der Waals surface area contributed by atoms with Crippen LogP contribution in [-0.2, 0) is 9.47 Å².